The zero-order valence-corrected chi connectivity index (χ0v) is 17.4. The van der Waals surface area contributed by atoms with Crippen molar-refractivity contribution in [2.45, 2.75) is 65.3 Å². The van der Waals surface area contributed by atoms with Gasteiger partial charge in [-0.05, 0) is 25.5 Å². The van der Waals surface area contributed by atoms with Crippen LogP contribution in [0.3, 0.4) is 0 Å². The molecule has 2 atom stereocenters. The maximum atomic E-state index is 5.82. The molecule has 0 saturated carbocycles. The van der Waals surface area contributed by atoms with Gasteiger partial charge in [0.15, 0.2) is 0 Å². The molecule has 6 heteroatoms. The number of ether oxygens (including phenoxy) is 1. The van der Waals surface area contributed by atoms with Gasteiger partial charge in [-0.3, -0.25) is 4.90 Å². The van der Waals surface area contributed by atoms with Crippen LogP contribution in [0.1, 0.15) is 56.3 Å². The second kappa shape index (κ2) is 8.13. The third kappa shape index (κ3) is 4.33. The van der Waals surface area contributed by atoms with Gasteiger partial charge in [0.25, 0.3) is 0 Å². The smallest absolute Gasteiger partial charge is 0.131 e. The van der Waals surface area contributed by atoms with E-state index in [4.69, 9.17) is 14.7 Å². The summed E-state index contributed by atoms with van der Waals surface area (Å²) in [6, 6.07) is 4.36. The Morgan fingerprint density at radius 1 is 1.11 bits per heavy atom. The second-order valence-electron chi connectivity index (χ2n) is 8.50. The summed E-state index contributed by atoms with van der Waals surface area (Å²) in [7, 11) is 0. The van der Waals surface area contributed by atoms with Gasteiger partial charge in [-0.25, -0.2) is 15.0 Å². The van der Waals surface area contributed by atoms with Crippen molar-refractivity contribution < 1.29 is 4.74 Å². The van der Waals surface area contributed by atoms with Crippen LogP contribution in [-0.2, 0) is 24.2 Å². The third-order valence-corrected chi connectivity index (χ3v) is 5.51. The Bertz CT molecular complexity index is 797. The molecule has 2 unspecified atom stereocenters. The number of aromatic nitrogens is 3. The molecule has 4 heterocycles. The Morgan fingerprint density at radius 2 is 1.89 bits per heavy atom. The highest BCUT2D eigenvalue weighted by molar-refractivity contribution is 5.40. The Morgan fingerprint density at radius 3 is 2.57 bits per heavy atom. The summed E-state index contributed by atoms with van der Waals surface area (Å²) in [5.74, 6) is 2.38. The minimum Gasteiger partial charge on any atom is -0.372 e. The van der Waals surface area contributed by atoms with E-state index in [0.717, 1.165) is 50.8 Å². The van der Waals surface area contributed by atoms with E-state index in [-0.39, 0.29) is 12.2 Å². The van der Waals surface area contributed by atoms with Crippen molar-refractivity contribution in [2.24, 2.45) is 0 Å². The molecule has 2 aromatic heterocycles. The van der Waals surface area contributed by atoms with Crippen molar-refractivity contribution in [3.63, 3.8) is 0 Å². The molecule has 0 aromatic carbocycles. The van der Waals surface area contributed by atoms with Gasteiger partial charge in [0.2, 0.25) is 0 Å². The number of morpholine rings is 1. The number of pyridine rings is 1. The minimum atomic E-state index is 0.247. The van der Waals surface area contributed by atoms with Gasteiger partial charge in [-0.15, -0.1) is 0 Å². The van der Waals surface area contributed by atoms with Crippen molar-refractivity contribution in [1.82, 2.24) is 19.9 Å². The average molecular weight is 382 g/mol. The molecular weight excluding hydrogens is 350 g/mol. The summed E-state index contributed by atoms with van der Waals surface area (Å²) < 4.78 is 5.82. The van der Waals surface area contributed by atoms with Gasteiger partial charge in [-0.1, -0.05) is 19.9 Å². The highest BCUT2D eigenvalue weighted by Gasteiger charge is 2.23. The first-order valence-corrected chi connectivity index (χ1v) is 10.4. The van der Waals surface area contributed by atoms with Gasteiger partial charge in [0.05, 0.1) is 12.2 Å². The van der Waals surface area contributed by atoms with Crippen LogP contribution in [0.4, 0.5) is 5.82 Å². The van der Waals surface area contributed by atoms with Crippen LogP contribution in [0, 0.1) is 0 Å². The molecule has 4 rings (SSSR count). The first-order chi connectivity index (χ1) is 13.5. The van der Waals surface area contributed by atoms with Gasteiger partial charge in [-0.2, -0.15) is 0 Å². The highest BCUT2D eigenvalue weighted by atomic mass is 16.5. The predicted octanol–water partition coefficient (Wildman–Crippen LogP) is 3.17. The van der Waals surface area contributed by atoms with Crippen LogP contribution in [0.5, 0.6) is 0 Å². The Balaban J connectivity index is 1.38. The Hall–Kier alpha value is -2.05. The fourth-order valence-electron chi connectivity index (χ4n) is 4.12. The topological polar surface area (TPSA) is 54.4 Å². The molecule has 6 nitrogen and oxygen atoms in total. The van der Waals surface area contributed by atoms with Gasteiger partial charge in [0.1, 0.15) is 11.6 Å². The van der Waals surface area contributed by atoms with Crippen molar-refractivity contribution >= 4 is 5.82 Å². The summed E-state index contributed by atoms with van der Waals surface area (Å²) in [6.45, 7) is 13.2. The van der Waals surface area contributed by atoms with Crippen LogP contribution < -0.4 is 4.90 Å². The fourth-order valence-corrected chi connectivity index (χ4v) is 4.12. The normalized spacial score (nSPS) is 23.1. The largest absolute Gasteiger partial charge is 0.372 e. The van der Waals surface area contributed by atoms with E-state index in [9.17, 15) is 0 Å². The molecular formula is C22H31N5O. The lowest BCUT2D eigenvalue weighted by molar-refractivity contribution is -0.00546. The van der Waals surface area contributed by atoms with Crippen molar-refractivity contribution in [3.05, 3.63) is 47.2 Å². The highest BCUT2D eigenvalue weighted by Crippen LogP contribution is 2.22. The van der Waals surface area contributed by atoms with Crippen LogP contribution in [-0.4, -0.2) is 51.7 Å². The van der Waals surface area contributed by atoms with Crippen LogP contribution in [0.2, 0.25) is 0 Å². The quantitative estimate of drug-likeness (QED) is 0.811. The van der Waals surface area contributed by atoms with E-state index < -0.39 is 0 Å². The second-order valence-corrected chi connectivity index (χ2v) is 8.50. The molecule has 2 aliphatic rings. The molecule has 1 fully saturated rings. The molecule has 2 aromatic rings. The average Bonchev–Trinajstić information content (AvgIpc) is 2.67. The molecule has 0 N–H and O–H groups in total. The van der Waals surface area contributed by atoms with E-state index in [1.165, 1.54) is 16.8 Å². The van der Waals surface area contributed by atoms with E-state index in [1.807, 2.05) is 12.4 Å². The van der Waals surface area contributed by atoms with Gasteiger partial charge in [0, 0.05) is 68.7 Å². The predicted molar refractivity (Wildman–Crippen MR) is 110 cm³/mol. The fraction of sp³-hybridized carbons (Fsp3) is 0.591. The van der Waals surface area contributed by atoms with E-state index in [0.29, 0.717) is 5.92 Å². The lowest BCUT2D eigenvalue weighted by Gasteiger charge is -2.36. The molecule has 0 aliphatic carbocycles. The van der Waals surface area contributed by atoms with Gasteiger partial charge >= 0.3 is 0 Å². The lowest BCUT2D eigenvalue weighted by atomic mass is 10.1. The molecule has 2 aliphatic heterocycles. The van der Waals surface area contributed by atoms with E-state index in [1.54, 1.807) is 0 Å². The van der Waals surface area contributed by atoms with Crippen LogP contribution in [0.15, 0.2) is 24.5 Å². The number of fused-ring (bicyclic) bond motifs is 1. The number of rotatable bonds is 4. The van der Waals surface area contributed by atoms with Gasteiger partial charge < -0.3 is 9.64 Å². The molecule has 0 radical (unpaired) electrons. The zero-order valence-electron chi connectivity index (χ0n) is 17.4. The van der Waals surface area contributed by atoms with E-state index >= 15 is 0 Å². The number of hydrogen-bond acceptors (Lipinski definition) is 6. The number of hydrogen-bond donors (Lipinski definition) is 0. The van der Waals surface area contributed by atoms with Crippen LogP contribution >= 0.6 is 0 Å². The minimum absolute atomic E-state index is 0.247. The first-order valence-electron chi connectivity index (χ1n) is 10.4. The maximum absolute atomic E-state index is 5.82. The standard InChI is InChI=1S/C22H31N5O/c1-15(2)22-24-10-19-14-26(8-7-20(19)25-22)13-18-5-6-21(23-9-18)27-11-16(3)28-17(4)12-27/h5-6,9-10,15-17H,7-8,11-14H2,1-4H3. The number of anilines is 1. The monoisotopic (exact) mass is 381 g/mol. The van der Waals surface area contributed by atoms with Crippen LogP contribution in [0.25, 0.3) is 0 Å². The van der Waals surface area contributed by atoms with Crippen molar-refractivity contribution in [2.75, 3.05) is 24.5 Å². The number of nitrogens with zero attached hydrogens (tertiary/aromatic N) is 5. The third-order valence-electron chi connectivity index (χ3n) is 5.51. The Kier molecular flexibility index (Phi) is 5.60. The molecule has 1 saturated heterocycles. The van der Waals surface area contributed by atoms with Crippen molar-refractivity contribution in [1.29, 1.82) is 0 Å². The summed E-state index contributed by atoms with van der Waals surface area (Å²) in [5.41, 5.74) is 3.73. The molecule has 0 bridgehead atoms. The summed E-state index contributed by atoms with van der Waals surface area (Å²) in [4.78, 5) is 18.8. The molecule has 0 spiro atoms. The lowest BCUT2D eigenvalue weighted by Crippen LogP contribution is -2.45. The zero-order chi connectivity index (χ0) is 19.7. The summed E-state index contributed by atoms with van der Waals surface area (Å²) >= 11 is 0. The molecule has 0 amide bonds. The Labute approximate surface area is 168 Å². The first kappa shape index (κ1) is 19.3. The summed E-state index contributed by atoms with van der Waals surface area (Å²) in [6.07, 6.45) is 5.53. The SMILES string of the molecule is CC1CN(c2ccc(CN3CCc4nc(C(C)C)ncc4C3)cn2)CC(C)O1. The maximum Gasteiger partial charge on any atom is 0.131 e. The molecule has 150 valence electrons. The summed E-state index contributed by atoms with van der Waals surface area (Å²) in [5, 5.41) is 0. The molecule has 28 heavy (non-hydrogen) atoms. The van der Waals surface area contributed by atoms with Crippen molar-refractivity contribution in [3.8, 4) is 0 Å². The van der Waals surface area contributed by atoms with E-state index in [2.05, 4.69) is 54.6 Å².